The molecule has 0 unspecified atom stereocenters. The number of hydrogen-bond acceptors (Lipinski definition) is 3. The van der Waals surface area contributed by atoms with Crippen LogP contribution in [0, 0.1) is 0 Å². The topological polar surface area (TPSA) is 61.4 Å². The summed E-state index contributed by atoms with van der Waals surface area (Å²) in [4.78, 5) is 27.0. The number of anilines is 3. The SMILES string of the molecule is O=C(Nc1ccccc1)c1ccccc1N1CC(Nc2ccccc2)=CC1=O. The zero-order chi connectivity index (χ0) is 19.3. The molecule has 0 aliphatic carbocycles. The third-order valence-electron chi connectivity index (χ3n) is 4.44. The van der Waals surface area contributed by atoms with E-state index in [9.17, 15) is 9.59 Å². The van der Waals surface area contributed by atoms with E-state index in [0.717, 1.165) is 11.4 Å². The number of nitrogens with one attached hydrogen (secondary N) is 2. The normalized spacial score (nSPS) is 13.2. The van der Waals surface area contributed by atoms with Gasteiger partial charge in [0.25, 0.3) is 11.8 Å². The molecule has 1 aliphatic rings. The van der Waals surface area contributed by atoms with Crippen LogP contribution in [0.4, 0.5) is 17.1 Å². The predicted octanol–water partition coefficient (Wildman–Crippen LogP) is 4.28. The van der Waals surface area contributed by atoms with Crippen molar-refractivity contribution in [3.8, 4) is 0 Å². The average Bonchev–Trinajstić information content (AvgIpc) is 3.09. The van der Waals surface area contributed by atoms with Gasteiger partial charge in [-0.2, -0.15) is 0 Å². The Morgan fingerprint density at radius 3 is 2.11 bits per heavy atom. The summed E-state index contributed by atoms with van der Waals surface area (Å²) in [6, 6.07) is 26.1. The number of amides is 2. The first-order valence-corrected chi connectivity index (χ1v) is 9.00. The molecule has 2 amide bonds. The molecule has 0 saturated carbocycles. The van der Waals surface area contributed by atoms with Gasteiger partial charge in [0.05, 0.1) is 17.8 Å². The lowest BCUT2D eigenvalue weighted by molar-refractivity contribution is -0.113. The third kappa shape index (κ3) is 3.78. The quantitative estimate of drug-likeness (QED) is 0.706. The van der Waals surface area contributed by atoms with Crippen molar-refractivity contribution in [2.75, 3.05) is 22.1 Å². The van der Waals surface area contributed by atoms with Crippen LogP contribution in [0.25, 0.3) is 0 Å². The van der Waals surface area contributed by atoms with Crippen molar-refractivity contribution in [3.63, 3.8) is 0 Å². The number of rotatable bonds is 5. The van der Waals surface area contributed by atoms with Gasteiger partial charge < -0.3 is 15.5 Å². The lowest BCUT2D eigenvalue weighted by Crippen LogP contribution is -2.28. The standard InChI is InChI=1S/C23H19N3O2/c27-22-15-19(24-17-9-3-1-4-10-17)16-26(22)21-14-8-7-13-20(21)23(28)25-18-11-5-2-6-12-18/h1-15,24H,16H2,(H,25,28). The summed E-state index contributed by atoms with van der Waals surface area (Å²) >= 11 is 0. The molecule has 1 aliphatic heterocycles. The number of carbonyl (C=O) groups is 2. The third-order valence-corrected chi connectivity index (χ3v) is 4.44. The van der Waals surface area contributed by atoms with Crippen molar-refractivity contribution in [2.45, 2.75) is 0 Å². The Hall–Kier alpha value is -3.86. The largest absolute Gasteiger partial charge is 0.357 e. The fraction of sp³-hybridized carbons (Fsp3) is 0.0435. The van der Waals surface area contributed by atoms with Crippen LogP contribution in [0.5, 0.6) is 0 Å². The molecule has 1 heterocycles. The van der Waals surface area contributed by atoms with Gasteiger partial charge in [0, 0.05) is 23.1 Å². The van der Waals surface area contributed by atoms with Crippen molar-refractivity contribution in [2.24, 2.45) is 0 Å². The molecule has 0 bridgehead atoms. The van der Waals surface area contributed by atoms with Crippen LogP contribution in [0.3, 0.4) is 0 Å². The monoisotopic (exact) mass is 369 g/mol. The van der Waals surface area contributed by atoms with Crippen LogP contribution >= 0.6 is 0 Å². The molecule has 5 nitrogen and oxygen atoms in total. The van der Waals surface area contributed by atoms with E-state index in [0.29, 0.717) is 23.5 Å². The minimum atomic E-state index is -0.251. The van der Waals surface area contributed by atoms with Gasteiger partial charge in [-0.1, -0.05) is 48.5 Å². The van der Waals surface area contributed by atoms with E-state index in [4.69, 9.17) is 0 Å². The van der Waals surface area contributed by atoms with E-state index in [1.54, 1.807) is 29.2 Å². The Balaban J connectivity index is 1.54. The van der Waals surface area contributed by atoms with E-state index < -0.39 is 0 Å². The summed E-state index contributed by atoms with van der Waals surface area (Å²) in [7, 11) is 0. The van der Waals surface area contributed by atoms with Crippen LogP contribution in [0.2, 0.25) is 0 Å². The maximum atomic E-state index is 12.8. The highest BCUT2D eigenvalue weighted by Crippen LogP contribution is 2.26. The minimum Gasteiger partial charge on any atom is -0.357 e. The molecule has 0 spiro atoms. The molecule has 3 aromatic carbocycles. The summed E-state index contributed by atoms with van der Waals surface area (Å²) in [6.45, 7) is 0.378. The van der Waals surface area contributed by atoms with Crippen LogP contribution in [0.1, 0.15) is 10.4 Å². The Morgan fingerprint density at radius 1 is 0.786 bits per heavy atom. The van der Waals surface area contributed by atoms with Gasteiger partial charge >= 0.3 is 0 Å². The Morgan fingerprint density at radius 2 is 1.39 bits per heavy atom. The molecule has 2 N–H and O–H groups in total. The lowest BCUT2D eigenvalue weighted by atomic mass is 10.1. The van der Waals surface area contributed by atoms with Crippen molar-refractivity contribution >= 4 is 28.9 Å². The van der Waals surface area contributed by atoms with Gasteiger partial charge in [-0.25, -0.2) is 0 Å². The van der Waals surface area contributed by atoms with Gasteiger partial charge in [0.2, 0.25) is 0 Å². The summed E-state index contributed by atoms with van der Waals surface area (Å²) in [5.41, 5.74) is 3.45. The molecule has 0 radical (unpaired) electrons. The molecule has 138 valence electrons. The van der Waals surface area contributed by atoms with Crippen molar-refractivity contribution < 1.29 is 9.59 Å². The van der Waals surface area contributed by atoms with E-state index in [-0.39, 0.29) is 11.8 Å². The fourth-order valence-electron chi connectivity index (χ4n) is 3.13. The Labute approximate surface area is 163 Å². The van der Waals surface area contributed by atoms with Crippen LogP contribution < -0.4 is 15.5 Å². The molecule has 0 fully saturated rings. The average molecular weight is 369 g/mol. The summed E-state index contributed by atoms with van der Waals surface area (Å²) in [6.07, 6.45) is 1.57. The van der Waals surface area contributed by atoms with E-state index in [2.05, 4.69) is 10.6 Å². The molecule has 0 aromatic heterocycles. The number of benzene rings is 3. The maximum Gasteiger partial charge on any atom is 0.257 e. The summed E-state index contributed by atoms with van der Waals surface area (Å²) < 4.78 is 0. The van der Waals surface area contributed by atoms with Crippen molar-refractivity contribution in [1.82, 2.24) is 0 Å². The van der Waals surface area contributed by atoms with E-state index in [1.807, 2.05) is 66.7 Å². The van der Waals surface area contributed by atoms with Crippen molar-refractivity contribution in [1.29, 1.82) is 0 Å². The molecular formula is C23H19N3O2. The molecule has 3 aromatic rings. The van der Waals surface area contributed by atoms with Gasteiger partial charge in [0.1, 0.15) is 0 Å². The van der Waals surface area contributed by atoms with Crippen LogP contribution in [-0.2, 0) is 4.79 Å². The maximum absolute atomic E-state index is 12.8. The van der Waals surface area contributed by atoms with E-state index in [1.165, 1.54) is 0 Å². The van der Waals surface area contributed by atoms with Crippen LogP contribution in [0.15, 0.2) is 96.7 Å². The van der Waals surface area contributed by atoms with Gasteiger partial charge in [-0.05, 0) is 36.4 Å². The second-order valence-corrected chi connectivity index (χ2v) is 6.42. The molecule has 5 heteroatoms. The molecule has 0 saturated heterocycles. The fourth-order valence-corrected chi connectivity index (χ4v) is 3.13. The van der Waals surface area contributed by atoms with Gasteiger partial charge in [0.15, 0.2) is 0 Å². The van der Waals surface area contributed by atoms with Gasteiger partial charge in [-0.3, -0.25) is 9.59 Å². The zero-order valence-electron chi connectivity index (χ0n) is 15.1. The number of carbonyl (C=O) groups excluding carboxylic acids is 2. The highest BCUT2D eigenvalue weighted by Gasteiger charge is 2.26. The first kappa shape index (κ1) is 17.5. The number of para-hydroxylation sites is 3. The predicted molar refractivity (Wildman–Crippen MR) is 111 cm³/mol. The van der Waals surface area contributed by atoms with Crippen molar-refractivity contribution in [3.05, 3.63) is 102 Å². The number of nitrogens with zero attached hydrogens (tertiary/aromatic N) is 1. The highest BCUT2D eigenvalue weighted by molar-refractivity contribution is 6.13. The smallest absolute Gasteiger partial charge is 0.257 e. The summed E-state index contributed by atoms with van der Waals surface area (Å²) in [5.74, 6) is -0.405. The molecule has 0 atom stereocenters. The molecule has 28 heavy (non-hydrogen) atoms. The first-order chi connectivity index (χ1) is 13.7. The van der Waals surface area contributed by atoms with Gasteiger partial charge in [-0.15, -0.1) is 0 Å². The first-order valence-electron chi connectivity index (χ1n) is 9.00. The number of hydrogen-bond donors (Lipinski definition) is 2. The Kier molecular flexibility index (Phi) is 4.89. The van der Waals surface area contributed by atoms with Crippen LogP contribution in [-0.4, -0.2) is 18.4 Å². The zero-order valence-corrected chi connectivity index (χ0v) is 15.1. The molecule has 4 rings (SSSR count). The lowest BCUT2D eigenvalue weighted by Gasteiger charge is -2.20. The second kappa shape index (κ2) is 7.80. The second-order valence-electron chi connectivity index (χ2n) is 6.42. The summed E-state index contributed by atoms with van der Waals surface area (Å²) in [5, 5.41) is 6.14. The minimum absolute atomic E-state index is 0.154. The Bertz CT molecular complexity index is 1030. The highest BCUT2D eigenvalue weighted by atomic mass is 16.2. The molecular weight excluding hydrogens is 350 g/mol. The van der Waals surface area contributed by atoms with E-state index >= 15 is 0 Å².